The summed E-state index contributed by atoms with van der Waals surface area (Å²) in [6.45, 7) is 0.255. The second-order valence-corrected chi connectivity index (χ2v) is 5.49. The Labute approximate surface area is 116 Å². The fourth-order valence-corrected chi connectivity index (χ4v) is 2.80. The molecule has 0 spiro atoms. The highest BCUT2D eigenvalue weighted by Crippen LogP contribution is 2.30. The monoisotopic (exact) mass is 281 g/mol. The van der Waals surface area contributed by atoms with Crippen molar-refractivity contribution in [3.8, 4) is 0 Å². The van der Waals surface area contributed by atoms with Crippen molar-refractivity contribution in [1.82, 2.24) is 9.47 Å². The van der Waals surface area contributed by atoms with Gasteiger partial charge in [-0.1, -0.05) is 12.8 Å². The highest BCUT2D eigenvalue weighted by Gasteiger charge is 2.34. The number of aliphatic hydroxyl groups is 1. The average Bonchev–Trinajstić information content (AvgIpc) is 2.95. The topological polar surface area (TPSA) is 88.6 Å². The van der Waals surface area contributed by atoms with Crippen LogP contribution in [0.4, 0.5) is 5.82 Å². The molecule has 0 aliphatic heterocycles. The molecule has 1 fully saturated rings. The number of carbonyl (C=O) groups is 1. The lowest BCUT2D eigenvalue weighted by Gasteiger charge is -2.28. The predicted octanol–water partition coefficient (Wildman–Crippen LogP) is 1.31. The van der Waals surface area contributed by atoms with Gasteiger partial charge in [-0.05, 0) is 23.8 Å². The van der Waals surface area contributed by atoms with E-state index in [4.69, 9.17) is 0 Å². The van der Waals surface area contributed by atoms with Crippen LogP contribution >= 0.6 is 0 Å². The van der Waals surface area contributed by atoms with Crippen LogP contribution < -0.4 is 0 Å². The van der Waals surface area contributed by atoms with Crippen LogP contribution in [0.3, 0.4) is 0 Å². The number of hydrogen-bond acceptors (Lipinski definition) is 4. The third-order valence-electron chi connectivity index (χ3n) is 3.91. The Morgan fingerprint density at radius 3 is 2.60 bits per heavy atom. The van der Waals surface area contributed by atoms with E-state index in [1.807, 2.05) is 0 Å². The third-order valence-corrected chi connectivity index (χ3v) is 3.91. The predicted molar refractivity (Wildman–Crippen MR) is 72.4 cm³/mol. The second kappa shape index (κ2) is 5.24. The van der Waals surface area contributed by atoms with E-state index in [9.17, 15) is 20.0 Å². The van der Waals surface area contributed by atoms with Crippen molar-refractivity contribution < 1.29 is 14.8 Å². The lowest BCUT2D eigenvalue weighted by molar-refractivity contribution is -0.391. The van der Waals surface area contributed by atoms with Gasteiger partial charge in [-0.2, -0.15) is 0 Å². The molecule has 1 aliphatic rings. The summed E-state index contributed by atoms with van der Waals surface area (Å²) in [5.74, 6) is -0.442. The average molecular weight is 281 g/mol. The lowest BCUT2D eigenvalue weighted by Crippen LogP contribution is -2.42. The summed E-state index contributed by atoms with van der Waals surface area (Å²) in [5, 5.41) is 21.1. The summed E-state index contributed by atoms with van der Waals surface area (Å²) in [4.78, 5) is 24.0. The fraction of sp³-hybridized carbons (Fsp3) is 0.615. The van der Waals surface area contributed by atoms with E-state index in [1.165, 1.54) is 28.6 Å². The molecule has 7 heteroatoms. The molecular formula is C13H19N3O4. The van der Waals surface area contributed by atoms with Crippen molar-refractivity contribution >= 4 is 11.7 Å². The van der Waals surface area contributed by atoms with Gasteiger partial charge in [0.1, 0.15) is 0 Å². The molecule has 0 saturated heterocycles. The minimum atomic E-state index is -0.818. The first kappa shape index (κ1) is 14.5. The van der Waals surface area contributed by atoms with Gasteiger partial charge in [0.15, 0.2) is 5.69 Å². The lowest BCUT2D eigenvalue weighted by atomic mass is 10.0. The van der Waals surface area contributed by atoms with Crippen LogP contribution in [0.25, 0.3) is 0 Å². The van der Waals surface area contributed by atoms with Gasteiger partial charge < -0.3 is 20.1 Å². The van der Waals surface area contributed by atoms with Crippen molar-refractivity contribution in [3.05, 3.63) is 27.9 Å². The maximum Gasteiger partial charge on any atom is 0.323 e. The van der Waals surface area contributed by atoms with Crippen LogP contribution in [0.2, 0.25) is 0 Å². The number of likely N-dealkylation sites (N-methyl/N-ethyl adjacent to an activating group) is 1. The van der Waals surface area contributed by atoms with Gasteiger partial charge in [0.2, 0.25) is 0 Å². The van der Waals surface area contributed by atoms with Gasteiger partial charge in [0.05, 0.1) is 12.6 Å². The van der Waals surface area contributed by atoms with E-state index >= 15 is 0 Å². The molecule has 2 rings (SSSR count). The summed E-state index contributed by atoms with van der Waals surface area (Å²) in [6.07, 6.45) is 3.32. The summed E-state index contributed by atoms with van der Waals surface area (Å²) in [6, 6.07) is 2.75. The van der Waals surface area contributed by atoms with Gasteiger partial charge in [-0.15, -0.1) is 0 Å². The van der Waals surface area contributed by atoms with Crippen molar-refractivity contribution in [3.63, 3.8) is 0 Å². The maximum absolute atomic E-state index is 12.3. The first-order chi connectivity index (χ1) is 9.34. The third kappa shape index (κ3) is 2.67. The standard InChI is InChI=1S/C13H19N3O4/c1-14(9-13(18)7-3-4-8-13)12(17)10-5-6-11(15(10)2)16(19)20/h5-6,18H,3-4,7-9H2,1-2H3. The molecule has 0 aromatic carbocycles. The minimum Gasteiger partial charge on any atom is -0.388 e. The summed E-state index contributed by atoms with van der Waals surface area (Å²) >= 11 is 0. The van der Waals surface area contributed by atoms with E-state index in [1.54, 1.807) is 7.05 Å². The molecular weight excluding hydrogens is 262 g/mol. The minimum absolute atomic E-state index is 0.124. The molecule has 1 heterocycles. The Kier molecular flexibility index (Phi) is 3.80. The van der Waals surface area contributed by atoms with Gasteiger partial charge in [-0.3, -0.25) is 4.79 Å². The van der Waals surface area contributed by atoms with Crippen molar-refractivity contribution in [2.45, 2.75) is 31.3 Å². The van der Waals surface area contributed by atoms with Gasteiger partial charge in [-0.25, -0.2) is 4.57 Å². The van der Waals surface area contributed by atoms with Crippen LogP contribution in [-0.4, -0.2) is 44.6 Å². The van der Waals surface area contributed by atoms with Crippen molar-refractivity contribution in [1.29, 1.82) is 0 Å². The molecule has 110 valence electrons. The van der Waals surface area contributed by atoms with Gasteiger partial charge in [0.25, 0.3) is 5.91 Å². The molecule has 0 unspecified atom stereocenters. The number of carbonyl (C=O) groups excluding carboxylic acids is 1. The van der Waals surface area contributed by atoms with Crippen LogP contribution in [-0.2, 0) is 7.05 Å². The summed E-state index contributed by atoms with van der Waals surface area (Å²) in [5.41, 5.74) is -0.567. The van der Waals surface area contributed by atoms with Gasteiger partial charge >= 0.3 is 5.82 Å². The number of rotatable bonds is 4. The van der Waals surface area contributed by atoms with Crippen molar-refractivity contribution in [2.24, 2.45) is 7.05 Å². The molecule has 1 aliphatic carbocycles. The highest BCUT2D eigenvalue weighted by atomic mass is 16.6. The zero-order chi connectivity index (χ0) is 14.9. The van der Waals surface area contributed by atoms with E-state index < -0.39 is 10.5 Å². The Balaban J connectivity index is 2.12. The first-order valence-electron chi connectivity index (χ1n) is 6.62. The Morgan fingerprint density at radius 1 is 1.50 bits per heavy atom. The summed E-state index contributed by atoms with van der Waals surface area (Å²) < 4.78 is 1.26. The molecule has 7 nitrogen and oxygen atoms in total. The zero-order valence-electron chi connectivity index (χ0n) is 11.7. The smallest absolute Gasteiger partial charge is 0.323 e. The van der Waals surface area contributed by atoms with E-state index in [-0.39, 0.29) is 24.0 Å². The van der Waals surface area contributed by atoms with Gasteiger partial charge in [0, 0.05) is 19.7 Å². The molecule has 0 bridgehead atoms. The molecule has 0 radical (unpaired) electrons. The van der Waals surface area contributed by atoms with Crippen molar-refractivity contribution in [2.75, 3.05) is 13.6 Å². The largest absolute Gasteiger partial charge is 0.388 e. The second-order valence-electron chi connectivity index (χ2n) is 5.49. The van der Waals surface area contributed by atoms with Crippen LogP contribution in [0, 0.1) is 10.1 Å². The number of aromatic nitrogens is 1. The molecule has 1 saturated carbocycles. The summed E-state index contributed by atoms with van der Waals surface area (Å²) in [7, 11) is 3.10. The molecule has 0 atom stereocenters. The maximum atomic E-state index is 12.3. The Morgan fingerprint density at radius 2 is 2.10 bits per heavy atom. The number of nitrogens with zero attached hydrogens (tertiary/aromatic N) is 3. The van der Waals surface area contributed by atoms with E-state index in [0.29, 0.717) is 12.8 Å². The zero-order valence-corrected chi connectivity index (χ0v) is 11.7. The Bertz CT molecular complexity index is 532. The first-order valence-corrected chi connectivity index (χ1v) is 6.62. The SMILES string of the molecule is CN(CC1(O)CCCC1)C(=O)c1ccc([N+](=O)[O-])n1C. The number of amides is 1. The highest BCUT2D eigenvalue weighted by molar-refractivity contribution is 5.93. The molecule has 20 heavy (non-hydrogen) atoms. The van der Waals surface area contributed by atoms with Crippen LogP contribution in [0.1, 0.15) is 36.2 Å². The number of nitro groups is 1. The molecule has 1 aromatic rings. The Hall–Kier alpha value is -1.89. The quantitative estimate of drug-likeness (QED) is 0.665. The van der Waals surface area contributed by atoms with E-state index in [2.05, 4.69) is 0 Å². The number of hydrogen-bond donors (Lipinski definition) is 1. The van der Waals surface area contributed by atoms with Crippen LogP contribution in [0.5, 0.6) is 0 Å². The molecule has 1 N–H and O–H groups in total. The molecule has 1 aromatic heterocycles. The fourth-order valence-electron chi connectivity index (χ4n) is 2.80. The normalized spacial score (nSPS) is 17.1. The van der Waals surface area contributed by atoms with Crippen LogP contribution in [0.15, 0.2) is 12.1 Å². The van der Waals surface area contributed by atoms with E-state index in [0.717, 1.165) is 12.8 Å². The molecule has 1 amide bonds.